The molecule has 0 aromatic rings. The predicted octanol–water partition coefficient (Wildman–Crippen LogP) is 1.41. The number of nitrogens with zero attached hydrogens (tertiary/aromatic N) is 1. The van der Waals surface area contributed by atoms with Crippen LogP contribution in [-0.4, -0.2) is 17.5 Å². The molecule has 0 amide bonds. The summed E-state index contributed by atoms with van der Waals surface area (Å²) in [5.41, 5.74) is 0. The number of hydrogen-bond donors (Lipinski definition) is 0. The molecule has 0 radical (unpaired) electrons. The Morgan fingerprint density at radius 1 is 1.75 bits per heavy atom. The zero-order valence-electron chi connectivity index (χ0n) is 5.00. The first-order valence-electron chi connectivity index (χ1n) is 2.49. The lowest BCUT2D eigenvalue weighted by Gasteiger charge is -2.16. The lowest BCUT2D eigenvalue weighted by atomic mass is 10.7. The van der Waals surface area contributed by atoms with Crippen LogP contribution in [0, 0.1) is 0 Å². The molecule has 0 aromatic heterocycles. The minimum atomic E-state index is 0.444. The standard InChI is InChI=1S/C5H9NOS/c1-5-6(7-2)3-4-8-5/h3-5H,1-2H3. The summed E-state index contributed by atoms with van der Waals surface area (Å²) in [7, 11) is 1.67. The zero-order chi connectivity index (χ0) is 5.98. The molecule has 8 heavy (non-hydrogen) atoms. The molecular weight excluding hydrogens is 122 g/mol. The summed E-state index contributed by atoms with van der Waals surface area (Å²) >= 11 is 1.75. The fourth-order valence-electron chi connectivity index (χ4n) is 0.599. The van der Waals surface area contributed by atoms with Gasteiger partial charge in [0.2, 0.25) is 0 Å². The summed E-state index contributed by atoms with van der Waals surface area (Å²) in [6.45, 7) is 2.09. The third-order valence-electron chi connectivity index (χ3n) is 1.05. The predicted molar refractivity (Wildman–Crippen MR) is 35.0 cm³/mol. The van der Waals surface area contributed by atoms with Crippen LogP contribution < -0.4 is 0 Å². The van der Waals surface area contributed by atoms with Crippen molar-refractivity contribution in [1.29, 1.82) is 0 Å². The van der Waals surface area contributed by atoms with Crippen LogP contribution >= 0.6 is 11.8 Å². The smallest absolute Gasteiger partial charge is 0.102 e. The normalized spacial score (nSPS) is 27.2. The first-order valence-corrected chi connectivity index (χ1v) is 3.43. The Hall–Kier alpha value is -0.150. The van der Waals surface area contributed by atoms with Crippen molar-refractivity contribution in [2.75, 3.05) is 7.11 Å². The van der Waals surface area contributed by atoms with Gasteiger partial charge in [0.1, 0.15) is 5.37 Å². The number of thioether (sulfide) groups is 1. The van der Waals surface area contributed by atoms with Gasteiger partial charge in [0, 0.05) is 6.20 Å². The van der Waals surface area contributed by atoms with E-state index < -0.39 is 0 Å². The van der Waals surface area contributed by atoms with Crippen LogP contribution in [0.15, 0.2) is 11.6 Å². The molecule has 0 saturated carbocycles. The second-order valence-electron chi connectivity index (χ2n) is 1.56. The highest BCUT2D eigenvalue weighted by atomic mass is 32.2. The quantitative estimate of drug-likeness (QED) is 0.534. The van der Waals surface area contributed by atoms with E-state index in [1.54, 1.807) is 18.9 Å². The molecule has 0 aromatic carbocycles. The Morgan fingerprint density at radius 3 is 2.75 bits per heavy atom. The third-order valence-corrected chi connectivity index (χ3v) is 1.93. The topological polar surface area (TPSA) is 12.5 Å². The van der Waals surface area contributed by atoms with E-state index in [0.717, 1.165) is 0 Å². The summed E-state index contributed by atoms with van der Waals surface area (Å²) in [4.78, 5) is 4.95. The average molecular weight is 131 g/mol. The van der Waals surface area contributed by atoms with Gasteiger partial charge in [-0.2, -0.15) is 0 Å². The summed E-state index contributed by atoms with van der Waals surface area (Å²) < 4.78 is 0. The molecule has 0 bridgehead atoms. The van der Waals surface area contributed by atoms with Crippen LogP contribution in [0.3, 0.4) is 0 Å². The molecule has 46 valence electrons. The molecule has 1 aliphatic rings. The average Bonchev–Trinajstić information content (AvgIpc) is 2.14. The first kappa shape index (κ1) is 5.98. The molecular formula is C5H9NOS. The third kappa shape index (κ3) is 0.980. The zero-order valence-corrected chi connectivity index (χ0v) is 5.81. The molecule has 1 heterocycles. The van der Waals surface area contributed by atoms with Crippen molar-refractivity contribution < 1.29 is 4.84 Å². The van der Waals surface area contributed by atoms with Crippen molar-refractivity contribution in [2.45, 2.75) is 12.3 Å². The van der Waals surface area contributed by atoms with Gasteiger partial charge in [-0.1, -0.05) is 0 Å². The van der Waals surface area contributed by atoms with Crippen LogP contribution in [0.25, 0.3) is 0 Å². The lowest BCUT2D eigenvalue weighted by molar-refractivity contribution is -0.0902. The Balaban J connectivity index is 2.41. The monoisotopic (exact) mass is 131 g/mol. The van der Waals surface area contributed by atoms with Gasteiger partial charge < -0.3 is 0 Å². The van der Waals surface area contributed by atoms with Gasteiger partial charge in [0.05, 0.1) is 7.11 Å². The van der Waals surface area contributed by atoms with Crippen LogP contribution in [0.4, 0.5) is 0 Å². The van der Waals surface area contributed by atoms with E-state index in [9.17, 15) is 0 Å². The second kappa shape index (κ2) is 2.42. The van der Waals surface area contributed by atoms with Gasteiger partial charge in [-0.3, -0.25) is 4.84 Å². The molecule has 1 rings (SSSR count). The maximum atomic E-state index is 4.95. The fraction of sp³-hybridized carbons (Fsp3) is 0.600. The first-order chi connectivity index (χ1) is 3.84. The molecule has 0 fully saturated rings. The Bertz CT molecular complexity index is 105. The van der Waals surface area contributed by atoms with Crippen LogP contribution in [0.5, 0.6) is 0 Å². The summed E-state index contributed by atoms with van der Waals surface area (Å²) in [6, 6.07) is 0. The summed E-state index contributed by atoms with van der Waals surface area (Å²) in [6.07, 6.45) is 1.93. The number of hydrogen-bond acceptors (Lipinski definition) is 3. The second-order valence-corrected chi connectivity index (χ2v) is 2.79. The lowest BCUT2D eigenvalue weighted by Crippen LogP contribution is -2.19. The van der Waals surface area contributed by atoms with Gasteiger partial charge in [-0.25, -0.2) is 5.06 Å². The van der Waals surface area contributed by atoms with Crippen LogP contribution in [0.1, 0.15) is 6.92 Å². The van der Waals surface area contributed by atoms with Gasteiger partial charge in [0.25, 0.3) is 0 Å². The van der Waals surface area contributed by atoms with Gasteiger partial charge >= 0.3 is 0 Å². The van der Waals surface area contributed by atoms with E-state index >= 15 is 0 Å². The fourth-order valence-corrected chi connectivity index (χ4v) is 1.29. The highest BCUT2D eigenvalue weighted by Gasteiger charge is 2.12. The molecule has 1 unspecified atom stereocenters. The molecule has 1 aliphatic heterocycles. The summed E-state index contributed by atoms with van der Waals surface area (Å²) in [5.74, 6) is 0. The van der Waals surface area contributed by atoms with Crippen molar-refractivity contribution in [1.82, 2.24) is 5.06 Å². The van der Waals surface area contributed by atoms with Gasteiger partial charge in [0.15, 0.2) is 0 Å². The molecule has 0 N–H and O–H groups in total. The van der Waals surface area contributed by atoms with Crippen molar-refractivity contribution in [3.63, 3.8) is 0 Å². The number of rotatable bonds is 1. The van der Waals surface area contributed by atoms with Crippen molar-refractivity contribution in [3.8, 4) is 0 Å². The largest absolute Gasteiger partial charge is 0.276 e. The summed E-state index contributed by atoms with van der Waals surface area (Å²) in [5, 5.41) is 4.28. The van der Waals surface area contributed by atoms with Crippen molar-refractivity contribution in [2.24, 2.45) is 0 Å². The molecule has 2 nitrogen and oxygen atoms in total. The molecule has 3 heteroatoms. The SMILES string of the molecule is CON1C=CSC1C. The molecule has 0 aliphatic carbocycles. The minimum absolute atomic E-state index is 0.444. The van der Waals surface area contributed by atoms with Crippen LogP contribution in [0.2, 0.25) is 0 Å². The van der Waals surface area contributed by atoms with E-state index in [4.69, 9.17) is 4.84 Å². The minimum Gasteiger partial charge on any atom is -0.276 e. The Kier molecular flexibility index (Phi) is 1.81. The van der Waals surface area contributed by atoms with E-state index in [0.29, 0.717) is 5.37 Å². The van der Waals surface area contributed by atoms with Gasteiger partial charge in [-0.05, 0) is 12.3 Å². The van der Waals surface area contributed by atoms with E-state index in [1.807, 2.05) is 16.7 Å². The van der Waals surface area contributed by atoms with E-state index in [2.05, 4.69) is 6.92 Å². The van der Waals surface area contributed by atoms with E-state index in [-0.39, 0.29) is 0 Å². The highest BCUT2D eigenvalue weighted by molar-refractivity contribution is 8.02. The van der Waals surface area contributed by atoms with E-state index in [1.165, 1.54) is 0 Å². The van der Waals surface area contributed by atoms with Gasteiger partial charge in [-0.15, -0.1) is 11.8 Å². The van der Waals surface area contributed by atoms with Crippen LogP contribution in [-0.2, 0) is 4.84 Å². The van der Waals surface area contributed by atoms with Crippen molar-refractivity contribution >= 4 is 11.8 Å². The maximum absolute atomic E-state index is 4.95. The maximum Gasteiger partial charge on any atom is 0.102 e. The molecule has 0 spiro atoms. The van der Waals surface area contributed by atoms with Crippen molar-refractivity contribution in [3.05, 3.63) is 11.6 Å². The highest BCUT2D eigenvalue weighted by Crippen LogP contribution is 2.23. The Morgan fingerprint density at radius 2 is 2.50 bits per heavy atom. The number of hydroxylamine groups is 2. The Labute approximate surface area is 53.5 Å². The molecule has 0 saturated heterocycles. The molecule has 1 atom stereocenters.